The number of nitrogens with one attached hydrogen (secondary N) is 1. The van der Waals surface area contributed by atoms with Gasteiger partial charge < -0.3 is 20.1 Å². The Morgan fingerprint density at radius 3 is 2.40 bits per heavy atom. The van der Waals surface area contributed by atoms with Crippen LogP contribution in [0, 0.1) is 0 Å². The van der Waals surface area contributed by atoms with Crippen LogP contribution >= 0.6 is 0 Å². The van der Waals surface area contributed by atoms with Gasteiger partial charge in [0.25, 0.3) is 0 Å². The number of piperidine rings is 1. The molecule has 2 heterocycles. The predicted octanol–water partition coefficient (Wildman–Crippen LogP) is 1.02. The normalized spacial score (nSPS) is 17.8. The topological polar surface area (TPSA) is 116 Å². The molecular weight excluding hydrogens is 470 g/mol. The van der Waals surface area contributed by atoms with E-state index in [1.54, 1.807) is 4.90 Å². The molecule has 2 aromatic carbocycles. The summed E-state index contributed by atoms with van der Waals surface area (Å²) in [5, 5.41) is 11.7. The van der Waals surface area contributed by atoms with Gasteiger partial charge in [0.2, 0.25) is 21.8 Å². The number of anilines is 1. The number of para-hydroxylation sites is 1. The molecule has 2 aromatic rings. The number of rotatable bonds is 8. The Hall–Kier alpha value is -2.95. The third kappa shape index (κ3) is 5.50. The second-order valence-corrected chi connectivity index (χ2v) is 11.1. The van der Waals surface area contributed by atoms with E-state index < -0.39 is 28.6 Å². The van der Waals surface area contributed by atoms with Crippen molar-refractivity contribution in [3.8, 4) is 0 Å². The monoisotopic (exact) mass is 501 g/mol. The maximum atomic E-state index is 13.3. The molecule has 2 aliphatic rings. The summed E-state index contributed by atoms with van der Waals surface area (Å²) in [7, 11) is -3.42. The maximum Gasteiger partial charge on any atom is 0.247 e. The zero-order valence-electron chi connectivity index (χ0n) is 19.7. The number of hydrogen-bond donors (Lipinski definition) is 2. The van der Waals surface area contributed by atoms with E-state index in [9.17, 15) is 23.1 Å². The Kier molecular flexibility index (Phi) is 7.44. The van der Waals surface area contributed by atoms with Crippen molar-refractivity contribution in [2.24, 2.45) is 0 Å². The lowest BCUT2D eigenvalue weighted by Crippen LogP contribution is -2.55. The van der Waals surface area contributed by atoms with Crippen molar-refractivity contribution in [3.63, 3.8) is 0 Å². The summed E-state index contributed by atoms with van der Waals surface area (Å²) in [5.74, 6) is -0.922. The number of aliphatic hydroxyl groups is 1. The summed E-state index contributed by atoms with van der Waals surface area (Å²) in [6.45, 7) is 0.762. The van der Waals surface area contributed by atoms with Crippen molar-refractivity contribution in [2.45, 2.75) is 30.9 Å². The van der Waals surface area contributed by atoms with Crippen LogP contribution in [-0.2, 0) is 36.4 Å². The molecule has 2 aliphatic heterocycles. The third-order valence-electron chi connectivity index (χ3n) is 6.80. The molecule has 4 rings (SSSR count). The highest BCUT2D eigenvalue weighted by molar-refractivity contribution is 7.92. The SMILES string of the molecule is CS(=O)(=O)N1CC2(CCN(C(=O)[C@@H](COCc3ccccc3)NC(=O)CO)CC2)c2ccccc21. The number of sulfonamides is 1. The van der Waals surface area contributed by atoms with Gasteiger partial charge >= 0.3 is 0 Å². The maximum absolute atomic E-state index is 13.3. The summed E-state index contributed by atoms with van der Waals surface area (Å²) in [4.78, 5) is 26.9. The van der Waals surface area contributed by atoms with Crippen molar-refractivity contribution in [3.05, 3.63) is 65.7 Å². The number of benzene rings is 2. The van der Waals surface area contributed by atoms with E-state index >= 15 is 0 Å². The van der Waals surface area contributed by atoms with Crippen molar-refractivity contribution in [1.82, 2.24) is 10.2 Å². The van der Waals surface area contributed by atoms with Crippen molar-refractivity contribution < 1.29 is 27.9 Å². The van der Waals surface area contributed by atoms with Gasteiger partial charge in [0.1, 0.15) is 12.6 Å². The van der Waals surface area contributed by atoms with Crippen LogP contribution in [0.4, 0.5) is 5.69 Å². The van der Waals surface area contributed by atoms with Crippen LogP contribution in [0.2, 0.25) is 0 Å². The van der Waals surface area contributed by atoms with Crippen molar-refractivity contribution in [2.75, 3.05) is 43.4 Å². The number of likely N-dealkylation sites (tertiary alicyclic amines) is 1. The van der Waals surface area contributed by atoms with Gasteiger partial charge in [0.05, 0.1) is 25.2 Å². The minimum atomic E-state index is -3.42. The molecule has 0 unspecified atom stereocenters. The van der Waals surface area contributed by atoms with E-state index in [-0.39, 0.29) is 17.9 Å². The van der Waals surface area contributed by atoms with E-state index in [1.165, 1.54) is 10.6 Å². The molecule has 9 nitrogen and oxygen atoms in total. The molecule has 188 valence electrons. The second-order valence-electron chi connectivity index (χ2n) is 9.17. The number of carbonyl (C=O) groups is 2. The lowest BCUT2D eigenvalue weighted by Gasteiger charge is -2.40. The molecule has 0 saturated carbocycles. The first kappa shape index (κ1) is 25.2. The summed E-state index contributed by atoms with van der Waals surface area (Å²) in [5.41, 5.74) is 2.29. The number of aliphatic hydroxyl groups excluding tert-OH is 1. The Bertz CT molecular complexity index is 1160. The minimum Gasteiger partial charge on any atom is -0.387 e. The molecule has 1 fully saturated rings. The van der Waals surface area contributed by atoms with Crippen LogP contribution in [0.25, 0.3) is 0 Å². The van der Waals surface area contributed by atoms with Crippen molar-refractivity contribution in [1.29, 1.82) is 0 Å². The predicted molar refractivity (Wildman–Crippen MR) is 131 cm³/mol. The molecule has 35 heavy (non-hydrogen) atoms. The molecule has 0 bridgehead atoms. The van der Waals surface area contributed by atoms with Crippen LogP contribution in [0.1, 0.15) is 24.0 Å². The highest BCUT2D eigenvalue weighted by Gasteiger charge is 2.47. The van der Waals surface area contributed by atoms with Gasteiger partial charge in [-0.3, -0.25) is 13.9 Å². The highest BCUT2D eigenvalue weighted by Crippen LogP contribution is 2.47. The number of nitrogens with zero attached hydrogens (tertiary/aromatic N) is 2. The first-order valence-corrected chi connectivity index (χ1v) is 13.5. The Balaban J connectivity index is 1.43. The van der Waals surface area contributed by atoms with Gasteiger partial charge in [-0.1, -0.05) is 48.5 Å². The Morgan fingerprint density at radius 2 is 1.74 bits per heavy atom. The number of fused-ring (bicyclic) bond motifs is 2. The van der Waals surface area contributed by atoms with E-state index in [4.69, 9.17) is 4.74 Å². The summed E-state index contributed by atoms with van der Waals surface area (Å²) >= 11 is 0. The molecule has 1 atom stereocenters. The summed E-state index contributed by atoms with van der Waals surface area (Å²) in [6, 6.07) is 16.1. The number of carbonyl (C=O) groups excluding carboxylic acids is 2. The first-order valence-electron chi connectivity index (χ1n) is 11.6. The minimum absolute atomic E-state index is 0.0220. The van der Waals surface area contributed by atoms with Gasteiger partial charge in [-0.15, -0.1) is 0 Å². The van der Waals surface area contributed by atoms with Gasteiger partial charge in [-0.2, -0.15) is 0 Å². The third-order valence-corrected chi connectivity index (χ3v) is 7.92. The van der Waals surface area contributed by atoms with Gasteiger partial charge in [0.15, 0.2) is 0 Å². The fourth-order valence-corrected chi connectivity index (χ4v) is 5.97. The lowest BCUT2D eigenvalue weighted by atomic mass is 9.74. The van der Waals surface area contributed by atoms with E-state index in [1.807, 2.05) is 54.6 Å². The smallest absolute Gasteiger partial charge is 0.247 e. The largest absolute Gasteiger partial charge is 0.387 e. The Morgan fingerprint density at radius 1 is 1.09 bits per heavy atom. The lowest BCUT2D eigenvalue weighted by molar-refractivity contribution is -0.140. The molecule has 0 aliphatic carbocycles. The zero-order valence-corrected chi connectivity index (χ0v) is 20.5. The van der Waals surface area contributed by atoms with Gasteiger partial charge in [0, 0.05) is 25.0 Å². The zero-order chi connectivity index (χ0) is 25.1. The molecule has 0 radical (unpaired) electrons. The fourth-order valence-electron chi connectivity index (χ4n) is 4.97. The number of ether oxygens (including phenoxy) is 1. The average molecular weight is 502 g/mol. The second kappa shape index (κ2) is 10.3. The average Bonchev–Trinajstić information content (AvgIpc) is 3.18. The standard InChI is InChI=1S/C25H31N3O6S/c1-35(32,33)28-18-25(20-9-5-6-10-22(20)28)11-13-27(14-12-25)24(31)21(26-23(30)15-29)17-34-16-19-7-3-2-4-8-19/h2-10,21,29H,11-18H2,1H3,(H,26,30)/t21-/m1/s1. The quantitative estimate of drug-likeness (QED) is 0.558. The molecule has 2 amide bonds. The molecule has 2 N–H and O–H groups in total. The van der Waals surface area contributed by atoms with Crippen LogP contribution in [0.3, 0.4) is 0 Å². The fraction of sp³-hybridized carbons (Fsp3) is 0.440. The molecule has 1 saturated heterocycles. The molecule has 1 spiro atoms. The summed E-state index contributed by atoms with van der Waals surface area (Å²) < 4.78 is 32.0. The van der Waals surface area contributed by atoms with Crippen LogP contribution in [-0.4, -0.2) is 75.4 Å². The summed E-state index contributed by atoms with van der Waals surface area (Å²) in [6.07, 6.45) is 2.42. The first-order chi connectivity index (χ1) is 16.7. The molecular formula is C25H31N3O6S. The van der Waals surface area contributed by atoms with Crippen LogP contribution in [0.5, 0.6) is 0 Å². The highest BCUT2D eigenvalue weighted by atomic mass is 32.2. The van der Waals surface area contributed by atoms with E-state index in [0.29, 0.717) is 44.8 Å². The van der Waals surface area contributed by atoms with Crippen LogP contribution < -0.4 is 9.62 Å². The number of amides is 2. The molecule has 0 aromatic heterocycles. The van der Waals surface area contributed by atoms with E-state index in [2.05, 4.69) is 5.32 Å². The van der Waals surface area contributed by atoms with Gasteiger partial charge in [-0.05, 0) is 30.0 Å². The van der Waals surface area contributed by atoms with Crippen molar-refractivity contribution >= 4 is 27.5 Å². The van der Waals surface area contributed by atoms with Gasteiger partial charge in [-0.25, -0.2) is 8.42 Å². The number of hydrogen-bond acceptors (Lipinski definition) is 6. The van der Waals surface area contributed by atoms with Crippen LogP contribution in [0.15, 0.2) is 54.6 Å². The Labute approximate surface area is 205 Å². The molecule has 10 heteroatoms. The van der Waals surface area contributed by atoms with E-state index in [0.717, 1.165) is 11.1 Å².